The number of thioether (sulfide) groups is 1. The molecule has 0 bridgehead atoms. The summed E-state index contributed by atoms with van der Waals surface area (Å²) in [5, 5.41) is 0.699. The van der Waals surface area contributed by atoms with Crippen molar-refractivity contribution in [3.05, 3.63) is 45.9 Å². The van der Waals surface area contributed by atoms with E-state index in [1.165, 1.54) is 23.1 Å². The number of thiazole rings is 1. The first-order chi connectivity index (χ1) is 8.24. The molecule has 0 radical (unpaired) electrons. The lowest BCUT2D eigenvalue weighted by Crippen LogP contribution is -2.04. The van der Waals surface area contributed by atoms with E-state index in [2.05, 4.69) is 4.98 Å². The van der Waals surface area contributed by atoms with Crippen molar-refractivity contribution < 1.29 is 4.79 Å². The lowest BCUT2D eigenvalue weighted by molar-refractivity contribution is -0.115. The fraction of sp³-hybridized carbons (Fsp3) is 0.167. The molecule has 17 heavy (non-hydrogen) atoms. The van der Waals surface area contributed by atoms with Crippen molar-refractivity contribution in [3.8, 4) is 0 Å². The van der Waals surface area contributed by atoms with Gasteiger partial charge in [-0.05, 0) is 18.2 Å². The van der Waals surface area contributed by atoms with Gasteiger partial charge in [-0.25, -0.2) is 0 Å². The van der Waals surface area contributed by atoms with Crippen LogP contribution >= 0.6 is 34.7 Å². The summed E-state index contributed by atoms with van der Waals surface area (Å²) < 4.78 is 0. The van der Waals surface area contributed by atoms with Crippen molar-refractivity contribution in [2.75, 3.05) is 5.75 Å². The van der Waals surface area contributed by atoms with Gasteiger partial charge in [0.05, 0.1) is 11.3 Å². The molecule has 2 nitrogen and oxygen atoms in total. The minimum absolute atomic E-state index is 0.208. The number of rotatable bonds is 5. The molecule has 0 saturated heterocycles. The van der Waals surface area contributed by atoms with Crippen molar-refractivity contribution in [3.63, 3.8) is 0 Å². The Bertz CT molecular complexity index is 499. The SMILES string of the molecule is O=C(CSc1cccc(Cl)c1)Cc1cncs1. The Morgan fingerprint density at radius 3 is 3.06 bits per heavy atom. The third-order valence-corrected chi connectivity index (χ3v) is 4.12. The molecular weight excluding hydrogens is 274 g/mol. The summed E-state index contributed by atoms with van der Waals surface area (Å²) in [5.41, 5.74) is 1.74. The number of ketones is 1. The average Bonchev–Trinajstić information content (AvgIpc) is 2.79. The Morgan fingerprint density at radius 1 is 1.47 bits per heavy atom. The van der Waals surface area contributed by atoms with Gasteiger partial charge in [0.15, 0.2) is 0 Å². The van der Waals surface area contributed by atoms with Gasteiger partial charge in [0, 0.05) is 27.4 Å². The number of aromatic nitrogens is 1. The fourth-order valence-corrected chi connectivity index (χ4v) is 2.99. The number of carbonyl (C=O) groups is 1. The highest BCUT2D eigenvalue weighted by molar-refractivity contribution is 8.00. The fourth-order valence-electron chi connectivity index (χ4n) is 1.30. The zero-order valence-corrected chi connectivity index (χ0v) is 11.3. The number of nitrogens with zero attached hydrogens (tertiary/aromatic N) is 1. The molecule has 0 atom stereocenters. The highest BCUT2D eigenvalue weighted by Crippen LogP contribution is 2.22. The molecule has 0 fully saturated rings. The van der Waals surface area contributed by atoms with Gasteiger partial charge in [0.2, 0.25) is 0 Å². The van der Waals surface area contributed by atoms with Crippen LogP contribution < -0.4 is 0 Å². The summed E-state index contributed by atoms with van der Waals surface area (Å²) in [4.78, 5) is 17.7. The van der Waals surface area contributed by atoms with E-state index >= 15 is 0 Å². The quantitative estimate of drug-likeness (QED) is 0.784. The second-order valence-corrected chi connectivity index (χ2v) is 5.89. The zero-order valence-electron chi connectivity index (χ0n) is 8.93. The Morgan fingerprint density at radius 2 is 2.35 bits per heavy atom. The molecule has 0 aliphatic carbocycles. The van der Waals surface area contributed by atoms with E-state index in [0.717, 1.165) is 9.77 Å². The van der Waals surface area contributed by atoms with Gasteiger partial charge in [-0.2, -0.15) is 0 Å². The van der Waals surface area contributed by atoms with Crippen LogP contribution in [0.4, 0.5) is 0 Å². The van der Waals surface area contributed by atoms with Crippen LogP contribution in [0.3, 0.4) is 0 Å². The molecule has 0 saturated carbocycles. The maximum Gasteiger partial charge on any atom is 0.148 e. The molecule has 0 aliphatic heterocycles. The molecular formula is C12H10ClNOS2. The summed E-state index contributed by atoms with van der Waals surface area (Å²) in [6.45, 7) is 0. The average molecular weight is 284 g/mol. The van der Waals surface area contributed by atoms with E-state index in [1.807, 2.05) is 24.3 Å². The third kappa shape index (κ3) is 4.15. The molecule has 88 valence electrons. The van der Waals surface area contributed by atoms with Crippen LogP contribution in [-0.4, -0.2) is 16.5 Å². The highest BCUT2D eigenvalue weighted by atomic mass is 35.5. The molecule has 2 aromatic rings. The van der Waals surface area contributed by atoms with E-state index in [1.54, 1.807) is 11.7 Å². The maximum atomic E-state index is 11.7. The summed E-state index contributed by atoms with van der Waals surface area (Å²) >= 11 is 8.90. The van der Waals surface area contributed by atoms with Crippen LogP contribution in [0.2, 0.25) is 5.02 Å². The number of Topliss-reactive ketones (excluding diaryl/α,β-unsaturated/α-hetero) is 1. The van der Waals surface area contributed by atoms with Gasteiger partial charge in [-0.15, -0.1) is 23.1 Å². The molecule has 0 N–H and O–H groups in total. The number of halogens is 1. The number of carbonyl (C=O) groups excluding carboxylic acids is 1. The van der Waals surface area contributed by atoms with Gasteiger partial charge in [0.1, 0.15) is 5.78 Å². The van der Waals surface area contributed by atoms with Gasteiger partial charge in [-0.1, -0.05) is 17.7 Å². The lowest BCUT2D eigenvalue weighted by Gasteiger charge is -2.00. The van der Waals surface area contributed by atoms with Gasteiger partial charge in [0.25, 0.3) is 0 Å². The summed E-state index contributed by atoms with van der Waals surface area (Å²) in [5.74, 6) is 0.678. The first-order valence-corrected chi connectivity index (χ1v) is 7.26. The standard InChI is InChI=1S/C12H10ClNOS2/c13-9-2-1-3-11(4-9)16-7-10(15)5-12-6-14-8-17-12/h1-4,6,8H,5,7H2. The van der Waals surface area contributed by atoms with Crippen molar-refractivity contribution in [1.82, 2.24) is 4.98 Å². The molecule has 1 aromatic carbocycles. The molecule has 0 amide bonds. The van der Waals surface area contributed by atoms with Crippen molar-refractivity contribution in [1.29, 1.82) is 0 Å². The minimum Gasteiger partial charge on any atom is -0.298 e. The molecule has 0 unspecified atom stereocenters. The van der Waals surface area contributed by atoms with E-state index < -0.39 is 0 Å². The van der Waals surface area contributed by atoms with Crippen LogP contribution in [0.15, 0.2) is 40.9 Å². The second kappa shape index (κ2) is 6.19. The highest BCUT2D eigenvalue weighted by Gasteiger charge is 2.06. The van der Waals surface area contributed by atoms with Crippen molar-refractivity contribution >= 4 is 40.5 Å². The van der Waals surface area contributed by atoms with Gasteiger partial charge < -0.3 is 0 Å². The monoisotopic (exact) mass is 283 g/mol. The molecule has 0 aliphatic rings. The second-order valence-electron chi connectivity index (χ2n) is 3.43. The van der Waals surface area contributed by atoms with Gasteiger partial charge in [-0.3, -0.25) is 9.78 Å². The Balaban J connectivity index is 1.84. The zero-order chi connectivity index (χ0) is 12.1. The van der Waals surface area contributed by atoms with Gasteiger partial charge >= 0.3 is 0 Å². The minimum atomic E-state index is 0.208. The number of benzene rings is 1. The Labute approximate surface area is 113 Å². The molecule has 1 heterocycles. The summed E-state index contributed by atoms with van der Waals surface area (Å²) in [7, 11) is 0. The predicted octanol–water partition coefficient (Wildman–Crippen LogP) is 3.70. The number of hydrogen-bond donors (Lipinski definition) is 0. The summed E-state index contributed by atoms with van der Waals surface area (Å²) in [6, 6.07) is 7.53. The first-order valence-electron chi connectivity index (χ1n) is 5.01. The molecule has 5 heteroatoms. The van der Waals surface area contributed by atoms with Crippen molar-refractivity contribution in [2.45, 2.75) is 11.3 Å². The molecule has 0 spiro atoms. The smallest absolute Gasteiger partial charge is 0.148 e. The third-order valence-electron chi connectivity index (χ3n) is 2.05. The lowest BCUT2D eigenvalue weighted by atomic mass is 10.3. The van der Waals surface area contributed by atoms with Crippen LogP contribution in [0.1, 0.15) is 4.88 Å². The Kier molecular flexibility index (Phi) is 4.59. The van der Waals surface area contributed by atoms with E-state index in [0.29, 0.717) is 17.2 Å². The first kappa shape index (κ1) is 12.6. The van der Waals surface area contributed by atoms with Crippen LogP contribution in [0, 0.1) is 0 Å². The van der Waals surface area contributed by atoms with Crippen LogP contribution in [0.5, 0.6) is 0 Å². The maximum absolute atomic E-state index is 11.7. The Hall–Kier alpha value is -0.840. The molecule has 2 rings (SSSR count). The van der Waals surface area contributed by atoms with E-state index in [4.69, 9.17) is 11.6 Å². The predicted molar refractivity (Wildman–Crippen MR) is 73.0 cm³/mol. The van der Waals surface area contributed by atoms with Crippen molar-refractivity contribution in [2.24, 2.45) is 0 Å². The van der Waals surface area contributed by atoms with Crippen LogP contribution in [0.25, 0.3) is 0 Å². The van der Waals surface area contributed by atoms with Crippen LogP contribution in [-0.2, 0) is 11.2 Å². The summed E-state index contributed by atoms with van der Waals surface area (Å²) in [6.07, 6.45) is 2.21. The van der Waals surface area contributed by atoms with E-state index in [-0.39, 0.29) is 5.78 Å². The molecule has 1 aromatic heterocycles. The normalized spacial score (nSPS) is 10.4. The number of hydrogen-bond acceptors (Lipinski definition) is 4. The topological polar surface area (TPSA) is 30.0 Å². The largest absolute Gasteiger partial charge is 0.298 e. The van der Waals surface area contributed by atoms with E-state index in [9.17, 15) is 4.79 Å².